The van der Waals surface area contributed by atoms with Gasteiger partial charge in [0.15, 0.2) is 0 Å². The number of carbonyl (C=O) groups excluding carboxylic acids is 1. The lowest BCUT2D eigenvalue weighted by molar-refractivity contribution is -0.150. The van der Waals surface area contributed by atoms with Crippen molar-refractivity contribution in [3.8, 4) is 0 Å². The summed E-state index contributed by atoms with van der Waals surface area (Å²) >= 11 is 0. The topological polar surface area (TPSA) is 29.5 Å². The van der Waals surface area contributed by atoms with Gasteiger partial charge >= 0.3 is 5.97 Å². The Hall–Kier alpha value is -1.87. The summed E-state index contributed by atoms with van der Waals surface area (Å²) in [5.74, 6) is -0.00476. The quantitative estimate of drug-likeness (QED) is 0.0398. The molecule has 1 atom stereocenters. The van der Waals surface area contributed by atoms with Crippen LogP contribution in [0.1, 0.15) is 181 Å². The summed E-state index contributed by atoms with van der Waals surface area (Å²) < 4.78 is 5.98. The molecule has 3 nitrogen and oxygen atoms in total. The first kappa shape index (κ1) is 44.1. The molecule has 0 saturated heterocycles. The van der Waals surface area contributed by atoms with E-state index in [-0.39, 0.29) is 12.1 Å². The fourth-order valence-corrected chi connectivity index (χ4v) is 5.51. The molecule has 0 spiro atoms. The molecular weight excluding hydrogens is 562 g/mol. The average Bonchev–Trinajstić information content (AvgIpc) is 3.04. The van der Waals surface area contributed by atoms with Crippen LogP contribution in [0.15, 0.2) is 60.8 Å². The zero-order valence-electron chi connectivity index (χ0n) is 31.2. The third kappa shape index (κ3) is 36.6. The first-order chi connectivity index (χ1) is 22.6. The fourth-order valence-electron chi connectivity index (χ4n) is 5.51. The molecule has 0 aliphatic carbocycles. The van der Waals surface area contributed by atoms with E-state index in [0.29, 0.717) is 6.42 Å². The van der Waals surface area contributed by atoms with Gasteiger partial charge in [-0.2, -0.15) is 0 Å². The van der Waals surface area contributed by atoms with E-state index in [1.54, 1.807) is 0 Å². The van der Waals surface area contributed by atoms with Crippen molar-refractivity contribution in [3.05, 3.63) is 60.8 Å². The van der Waals surface area contributed by atoms with Crippen LogP contribution in [-0.2, 0) is 9.53 Å². The lowest BCUT2D eigenvalue weighted by Gasteiger charge is -2.18. The fraction of sp³-hybridized carbons (Fsp3) is 0.744. The van der Waals surface area contributed by atoms with Crippen molar-refractivity contribution >= 4 is 5.97 Å². The molecule has 0 saturated carbocycles. The van der Waals surface area contributed by atoms with Crippen LogP contribution in [0.4, 0.5) is 0 Å². The van der Waals surface area contributed by atoms with Crippen LogP contribution in [0, 0.1) is 0 Å². The van der Waals surface area contributed by atoms with Gasteiger partial charge in [0.05, 0.1) is 0 Å². The molecule has 3 heteroatoms. The van der Waals surface area contributed by atoms with Crippen molar-refractivity contribution in [2.75, 3.05) is 20.6 Å². The Labute approximate surface area is 288 Å². The number of ether oxygens (including phenoxy) is 1. The molecule has 0 N–H and O–H groups in total. The van der Waals surface area contributed by atoms with Gasteiger partial charge in [0.1, 0.15) is 6.10 Å². The molecule has 46 heavy (non-hydrogen) atoms. The zero-order chi connectivity index (χ0) is 33.6. The second-order valence-corrected chi connectivity index (χ2v) is 13.4. The summed E-state index contributed by atoms with van der Waals surface area (Å²) in [6.45, 7) is 5.45. The molecule has 0 rings (SSSR count). The molecule has 0 radical (unpaired) electrons. The summed E-state index contributed by atoms with van der Waals surface area (Å²) in [6.07, 6.45) is 53.8. The van der Waals surface area contributed by atoms with Crippen molar-refractivity contribution in [1.29, 1.82) is 0 Å². The number of unbranched alkanes of at least 4 members (excludes halogenated alkanes) is 15. The Morgan fingerprint density at radius 2 is 0.870 bits per heavy atom. The zero-order valence-corrected chi connectivity index (χ0v) is 31.2. The van der Waals surface area contributed by atoms with E-state index in [2.05, 4.69) is 93.6 Å². The molecule has 0 heterocycles. The molecule has 0 aromatic rings. The largest absolute Gasteiger partial charge is 0.462 e. The van der Waals surface area contributed by atoms with E-state index in [1.165, 1.54) is 109 Å². The lowest BCUT2D eigenvalue weighted by atomic mass is 10.0. The molecule has 0 aliphatic rings. The Balaban J connectivity index is 4.08. The highest BCUT2D eigenvalue weighted by Crippen LogP contribution is 2.18. The summed E-state index contributed by atoms with van der Waals surface area (Å²) in [5, 5.41) is 0. The number of hydrogen-bond acceptors (Lipinski definition) is 3. The standard InChI is InChI=1S/C43H77NO2/c1-5-7-9-11-13-15-17-19-21-23-25-27-29-31-33-35-38-42(46-43(45)40-37-41-44(3)4)39-36-34-32-30-28-26-24-22-20-18-16-14-12-10-8-6-2/h13-16,19-22,25,27,42H,5-12,17-18,23-24,26,28-41H2,1-4H3/b15-13+,16-14-,21-19+,22-20-,27-25+. The second-order valence-electron chi connectivity index (χ2n) is 13.4. The number of carbonyl (C=O) groups is 1. The minimum Gasteiger partial charge on any atom is -0.462 e. The van der Waals surface area contributed by atoms with Gasteiger partial charge in [-0.05, 0) is 123 Å². The van der Waals surface area contributed by atoms with E-state index >= 15 is 0 Å². The Morgan fingerprint density at radius 1 is 0.500 bits per heavy atom. The smallest absolute Gasteiger partial charge is 0.306 e. The van der Waals surface area contributed by atoms with Gasteiger partial charge in [0, 0.05) is 6.42 Å². The molecule has 0 aromatic carbocycles. The highest BCUT2D eigenvalue weighted by Gasteiger charge is 2.14. The van der Waals surface area contributed by atoms with Crippen molar-refractivity contribution in [2.24, 2.45) is 0 Å². The van der Waals surface area contributed by atoms with Gasteiger partial charge in [-0.3, -0.25) is 4.79 Å². The van der Waals surface area contributed by atoms with Crippen LogP contribution >= 0.6 is 0 Å². The number of nitrogens with zero attached hydrogens (tertiary/aromatic N) is 1. The van der Waals surface area contributed by atoms with Gasteiger partial charge in [-0.25, -0.2) is 0 Å². The number of rotatable bonds is 34. The van der Waals surface area contributed by atoms with Gasteiger partial charge in [0.2, 0.25) is 0 Å². The Morgan fingerprint density at radius 3 is 1.30 bits per heavy atom. The minimum absolute atomic E-state index is 0.00476. The Bertz CT molecular complexity index is 776. The van der Waals surface area contributed by atoms with Crippen molar-refractivity contribution in [1.82, 2.24) is 4.90 Å². The number of allylic oxidation sites excluding steroid dienone is 10. The molecule has 0 aromatic heterocycles. The maximum absolute atomic E-state index is 12.5. The van der Waals surface area contributed by atoms with Crippen molar-refractivity contribution in [3.63, 3.8) is 0 Å². The minimum atomic E-state index is -0.00476. The number of hydrogen-bond donors (Lipinski definition) is 0. The monoisotopic (exact) mass is 640 g/mol. The van der Waals surface area contributed by atoms with Crippen molar-refractivity contribution in [2.45, 2.75) is 187 Å². The first-order valence-corrected chi connectivity index (χ1v) is 19.7. The predicted octanol–water partition coefficient (Wildman–Crippen LogP) is 13.4. The summed E-state index contributed by atoms with van der Waals surface area (Å²) in [5.41, 5.74) is 0. The molecule has 0 aliphatic heterocycles. The predicted molar refractivity (Wildman–Crippen MR) is 206 cm³/mol. The Kier molecular flexibility index (Phi) is 36.1. The molecule has 0 bridgehead atoms. The highest BCUT2D eigenvalue weighted by atomic mass is 16.5. The molecule has 0 amide bonds. The van der Waals surface area contributed by atoms with Crippen LogP contribution in [0.5, 0.6) is 0 Å². The molecule has 1 unspecified atom stereocenters. The number of esters is 1. The summed E-state index contributed by atoms with van der Waals surface area (Å²) in [7, 11) is 4.11. The van der Waals surface area contributed by atoms with Gasteiger partial charge < -0.3 is 9.64 Å². The van der Waals surface area contributed by atoms with E-state index in [9.17, 15) is 4.79 Å². The normalized spacial score (nSPS) is 13.2. The SMILES string of the molecule is CCCCC/C=C\C/C=C\CCCCCCCCC(CCCCC/C=C/C/C=C/C/C=C/CCCCC)OC(=O)CCCN(C)C. The maximum atomic E-state index is 12.5. The molecule has 0 fully saturated rings. The summed E-state index contributed by atoms with van der Waals surface area (Å²) in [6, 6.07) is 0. The van der Waals surface area contributed by atoms with Crippen LogP contribution in [0.3, 0.4) is 0 Å². The van der Waals surface area contributed by atoms with Gasteiger partial charge in [-0.15, -0.1) is 0 Å². The first-order valence-electron chi connectivity index (χ1n) is 19.7. The van der Waals surface area contributed by atoms with Gasteiger partial charge in [0.25, 0.3) is 0 Å². The lowest BCUT2D eigenvalue weighted by Crippen LogP contribution is -2.20. The van der Waals surface area contributed by atoms with E-state index < -0.39 is 0 Å². The molecular formula is C43H77NO2. The van der Waals surface area contributed by atoms with Crippen LogP contribution in [0.25, 0.3) is 0 Å². The van der Waals surface area contributed by atoms with Crippen LogP contribution in [-0.4, -0.2) is 37.6 Å². The van der Waals surface area contributed by atoms with E-state index in [0.717, 1.165) is 57.9 Å². The average molecular weight is 640 g/mol. The van der Waals surface area contributed by atoms with E-state index in [4.69, 9.17) is 4.74 Å². The van der Waals surface area contributed by atoms with Crippen LogP contribution in [0.2, 0.25) is 0 Å². The second kappa shape index (κ2) is 37.6. The maximum Gasteiger partial charge on any atom is 0.306 e. The molecule has 266 valence electrons. The van der Waals surface area contributed by atoms with Crippen LogP contribution < -0.4 is 0 Å². The third-order valence-electron chi connectivity index (χ3n) is 8.43. The third-order valence-corrected chi connectivity index (χ3v) is 8.43. The highest BCUT2D eigenvalue weighted by molar-refractivity contribution is 5.69. The van der Waals surface area contributed by atoms with Crippen molar-refractivity contribution < 1.29 is 9.53 Å². The summed E-state index contributed by atoms with van der Waals surface area (Å²) in [4.78, 5) is 14.6. The van der Waals surface area contributed by atoms with E-state index in [1.807, 2.05) is 0 Å². The van der Waals surface area contributed by atoms with Gasteiger partial charge in [-0.1, -0.05) is 132 Å².